The molecule has 0 aromatic heterocycles. The van der Waals surface area contributed by atoms with Crippen LogP contribution in [0.2, 0.25) is 0 Å². The van der Waals surface area contributed by atoms with Gasteiger partial charge >= 0.3 is 0 Å². The third-order valence-corrected chi connectivity index (χ3v) is 8.84. The first kappa shape index (κ1) is 37.8. The summed E-state index contributed by atoms with van der Waals surface area (Å²) in [4.78, 5) is 12.3. The van der Waals surface area contributed by atoms with Gasteiger partial charge in [0.2, 0.25) is 0 Å². The highest BCUT2D eigenvalue weighted by atomic mass is 16.3. The fourth-order valence-electron chi connectivity index (χ4n) is 5.73. The van der Waals surface area contributed by atoms with E-state index in [4.69, 9.17) is 0 Å². The first-order valence-corrected chi connectivity index (χ1v) is 15.7. The van der Waals surface area contributed by atoms with Crippen molar-refractivity contribution < 1.29 is 25.2 Å². The number of rotatable bonds is 10. The van der Waals surface area contributed by atoms with E-state index >= 15 is 0 Å². The Morgan fingerprint density at radius 2 is 1.02 bits per heavy atom. The van der Waals surface area contributed by atoms with Crippen LogP contribution in [0.15, 0.2) is 130 Å². The number of carbonyl (C=O) groups excluding carboxylic acids is 1. The van der Waals surface area contributed by atoms with Crippen LogP contribution in [-0.4, -0.2) is 50.6 Å². The standard InChI is InChI=1S/C40H54O5/c1-26(17-13-19-28(3)21-23-32-30(5)25-34(41)37(44)39(32,7)8)15-11-12-16-27(2)18-14-20-29(4)22-24-33-31(6)35(42)36(43)38(45)40(33,9)10/h11-24,34,36-38,41,43-45H,25H2,1-10H3/b12-11+,17-13+,18-14+,23-21+,24-22+,26-15+,27-16+,28-19+,29-20+. The molecule has 0 aromatic carbocycles. The number of aliphatic hydroxyl groups is 4. The first-order valence-electron chi connectivity index (χ1n) is 15.7. The second kappa shape index (κ2) is 16.3. The molecule has 5 heteroatoms. The number of allylic oxidation sites excluding steroid dienone is 18. The van der Waals surface area contributed by atoms with Crippen molar-refractivity contribution >= 4 is 5.78 Å². The van der Waals surface area contributed by atoms with Gasteiger partial charge in [0, 0.05) is 10.8 Å². The Balaban J connectivity index is 1.96. The summed E-state index contributed by atoms with van der Waals surface area (Å²) in [5, 5.41) is 41.0. The molecule has 2 aliphatic rings. The third-order valence-electron chi connectivity index (χ3n) is 8.84. The highest BCUT2D eigenvalue weighted by Crippen LogP contribution is 2.42. The molecule has 0 heterocycles. The van der Waals surface area contributed by atoms with Crippen LogP contribution in [0.4, 0.5) is 0 Å². The maximum atomic E-state index is 12.3. The summed E-state index contributed by atoms with van der Waals surface area (Å²) in [6, 6.07) is 0. The Hall–Kier alpha value is -3.35. The Labute approximate surface area is 271 Å². The third kappa shape index (κ3) is 10.1. The molecule has 0 aromatic rings. The van der Waals surface area contributed by atoms with Gasteiger partial charge in [-0.15, -0.1) is 0 Å². The average Bonchev–Trinajstić information content (AvgIpc) is 2.96. The van der Waals surface area contributed by atoms with Crippen molar-refractivity contribution in [1.82, 2.24) is 0 Å². The molecule has 0 bridgehead atoms. The Bertz CT molecular complexity index is 1440. The monoisotopic (exact) mass is 614 g/mol. The quantitative estimate of drug-likeness (QED) is 0.189. The van der Waals surface area contributed by atoms with E-state index in [0.717, 1.165) is 39.0 Å². The fraction of sp³-hybridized carbons (Fsp3) is 0.425. The van der Waals surface area contributed by atoms with E-state index in [2.05, 4.69) is 24.3 Å². The molecule has 0 radical (unpaired) electrons. The lowest BCUT2D eigenvalue weighted by Gasteiger charge is -2.40. The van der Waals surface area contributed by atoms with Gasteiger partial charge < -0.3 is 20.4 Å². The second-order valence-electron chi connectivity index (χ2n) is 13.6. The molecule has 2 rings (SSSR count). The maximum absolute atomic E-state index is 12.3. The Morgan fingerprint density at radius 1 is 0.622 bits per heavy atom. The number of Topliss-reactive ketones (excluding diaryl/α,β-unsaturated/α-hetero) is 1. The summed E-state index contributed by atoms with van der Waals surface area (Å²) in [5.74, 6) is -0.425. The van der Waals surface area contributed by atoms with Crippen LogP contribution in [0.3, 0.4) is 0 Å². The second-order valence-corrected chi connectivity index (χ2v) is 13.6. The zero-order valence-corrected chi connectivity index (χ0v) is 28.8. The summed E-state index contributed by atoms with van der Waals surface area (Å²) in [6.07, 6.45) is 24.6. The van der Waals surface area contributed by atoms with Gasteiger partial charge in [-0.2, -0.15) is 0 Å². The summed E-state index contributed by atoms with van der Waals surface area (Å²) >= 11 is 0. The number of aliphatic hydroxyl groups excluding tert-OH is 4. The van der Waals surface area contributed by atoms with Crippen molar-refractivity contribution in [3.05, 3.63) is 130 Å². The largest absolute Gasteiger partial charge is 0.390 e. The van der Waals surface area contributed by atoms with Gasteiger partial charge in [-0.3, -0.25) is 4.79 Å². The summed E-state index contributed by atoms with van der Waals surface area (Å²) in [6.45, 7) is 19.4. The number of hydrogen-bond donors (Lipinski definition) is 4. The number of ketones is 1. The lowest BCUT2D eigenvalue weighted by molar-refractivity contribution is -0.135. The van der Waals surface area contributed by atoms with Crippen LogP contribution in [-0.2, 0) is 4.79 Å². The van der Waals surface area contributed by atoms with Gasteiger partial charge in [0.25, 0.3) is 0 Å². The molecule has 0 spiro atoms. The lowest BCUT2D eigenvalue weighted by Crippen LogP contribution is -2.49. The topological polar surface area (TPSA) is 98.0 Å². The Kier molecular flexibility index (Phi) is 13.7. The normalized spacial score (nSPS) is 27.6. The van der Waals surface area contributed by atoms with Crippen molar-refractivity contribution in [2.75, 3.05) is 0 Å². The molecule has 0 fully saturated rings. The van der Waals surface area contributed by atoms with Crippen LogP contribution in [0.25, 0.3) is 0 Å². The highest BCUT2D eigenvalue weighted by molar-refractivity contribution is 6.01. The van der Waals surface area contributed by atoms with E-state index in [1.165, 1.54) is 0 Å². The van der Waals surface area contributed by atoms with Gasteiger partial charge in [-0.05, 0) is 64.7 Å². The van der Waals surface area contributed by atoms with E-state index in [0.29, 0.717) is 12.0 Å². The van der Waals surface area contributed by atoms with E-state index < -0.39 is 41.0 Å². The molecule has 4 unspecified atom stereocenters. The maximum Gasteiger partial charge on any atom is 0.189 e. The zero-order valence-electron chi connectivity index (χ0n) is 28.8. The van der Waals surface area contributed by atoms with Gasteiger partial charge in [-0.25, -0.2) is 0 Å². The van der Waals surface area contributed by atoms with E-state index in [1.807, 2.05) is 123 Å². The predicted octanol–water partition coefficient (Wildman–Crippen LogP) is 7.67. The van der Waals surface area contributed by atoms with Gasteiger partial charge in [0.1, 0.15) is 6.10 Å². The molecule has 0 saturated carbocycles. The van der Waals surface area contributed by atoms with Crippen LogP contribution in [0, 0.1) is 10.8 Å². The van der Waals surface area contributed by atoms with Gasteiger partial charge in [0.05, 0.1) is 18.3 Å². The molecule has 244 valence electrons. The number of carbonyl (C=O) groups is 1. The molecular weight excluding hydrogens is 560 g/mol. The van der Waals surface area contributed by atoms with Crippen molar-refractivity contribution in [3.8, 4) is 0 Å². The van der Waals surface area contributed by atoms with Crippen molar-refractivity contribution in [2.45, 2.75) is 100 Å². The van der Waals surface area contributed by atoms with Gasteiger partial charge in [-0.1, -0.05) is 141 Å². The molecule has 0 aliphatic heterocycles. The van der Waals surface area contributed by atoms with E-state index in [1.54, 1.807) is 6.92 Å². The van der Waals surface area contributed by atoms with Crippen LogP contribution >= 0.6 is 0 Å². The molecule has 0 saturated heterocycles. The highest BCUT2D eigenvalue weighted by Gasteiger charge is 2.45. The van der Waals surface area contributed by atoms with Crippen LogP contribution < -0.4 is 0 Å². The minimum Gasteiger partial charge on any atom is -0.390 e. The fourth-order valence-corrected chi connectivity index (χ4v) is 5.73. The summed E-state index contributed by atoms with van der Waals surface area (Å²) in [5.41, 5.74) is 6.47. The SMILES string of the molecule is CC1=C(/C=C/C(C)=C/C=C/C(C)=C/C=C/C=C(C)/C=C/C=C(C)/C=C/C2=C(C)C(=O)C(O)C(O)C2(C)C)C(C)(C)C(O)C(O)C1. The average molecular weight is 615 g/mol. The van der Waals surface area contributed by atoms with E-state index in [-0.39, 0.29) is 0 Å². The van der Waals surface area contributed by atoms with Crippen LogP contribution in [0.1, 0.15) is 75.7 Å². The molecular formula is C40H54O5. The van der Waals surface area contributed by atoms with Crippen molar-refractivity contribution in [2.24, 2.45) is 10.8 Å². The molecule has 0 amide bonds. The minimum atomic E-state index is -1.38. The molecule has 2 aliphatic carbocycles. The minimum absolute atomic E-state index is 0.425. The van der Waals surface area contributed by atoms with Crippen molar-refractivity contribution in [1.29, 1.82) is 0 Å². The van der Waals surface area contributed by atoms with Gasteiger partial charge in [0.15, 0.2) is 5.78 Å². The molecule has 45 heavy (non-hydrogen) atoms. The predicted molar refractivity (Wildman–Crippen MR) is 187 cm³/mol. The first-order chi connectivity index (χ1) is 20.9. The smallest absolute Gasteiger partial charge is 0.189 e. The summed E-state index contributed by atoms with van der Waals surface area (Å²) in [7, 11) is 0. The molecule has 4 atom stereocenters. The lowest BCUT2D eigenvalue weighted by atomic mass is 9.69. The molecule has 4 N–H and O–H groups in total. The number of hydrogen-bond acceptors (Lipinski definition) is 5. The van der Waals surface area contributed by atoms with E-state index in [9.17, 15) is 25.2 Å². The molecule has 5 nitrogen and oxygen atoms in total. The van der Waals surface area contributed by atoms with Crippen LogP contribution in [0.5, 0.6) is 0 Å². The van der Waals surface area contributed by atoms with Crippen molar-refractivity contribution in [3.63, 3.8) is 0 Å². The Morgan fingerprint density at radius 3 is 1.51 bits per heavy atom. The zero-order chi connectivity index (χ0) is 34.1. The summed E-state index contributed by atoms with van der Waals surface area (Å²) < 4.78 is 0.